The maximum absolute atomic E-state index is 3.93. The van der Waals surface area contributed by atoms with E-state index in [4.69, 9.17) is 0 Å². The molecule has 0 aliphatic heterocycles. The first-order valence-electron chi connectivity index (χ1n) is 2.02. The normalized spacial score (nSPS) is 9.62. The lowest BCUT2D eigenvalue weighted by molar-refractivity contribution is 1.38. The summed E-state index contributed by atoms with van der Waals surface area (Å²) in [7, 11) is 3.50. The quantitative estimate of drug-likeness (QED) is 0.622. The van der Waals surface area contributed by atoms with Crippen LogP contribution in [-0.4, -0.2) is 11.2 Å². The SMILES string of the molecule is CSSc1cncs1. The standard InChI is InChI=1S/C4H5NS3/c1-6-8-4-2-5-3-7-4/h2-3H,1H3. The van der Waals surface area contributed by atoms with Gasteiger partial charge in [-0.2, -0.15) is 0 Å². The highest BCUT2D eigenvalue weighted by atomic mass is 33.1. The van der Waals surface area contributed by atoms with E-state index in [0.29, 0.717) is 0 Å². The Morgan fingerprint density at radius 2 is 2.62 bits per heavy atom. The van der Waals surface area contributed by atoms with Crippen molar-refractivity contribution in [2.75, 3.05) is 6.26 Å². The molecule has 0 unspecified atom stereocenters. The highest BCUT2D eigenvalue weighted by Crippen LogP contribution is 2.30. The Labute approximate surface area is 60.3 Å². The molecular weight excluding hydrogens is 158 g/mol. The molecule has 1 heterocycles. The minimum Gasteiger partial charge on any atom is -0.252 e. The van der Waals surface area contributed by atoms with Gasteiger partial charge in [-0.25, -0.2) is 0 Å². The van der Waals surface area contributed by atoms with Gasteiger partial charge in [0.25, 0.3) is 0 Å². The Kier molecular flexibility index (Phi) is 2.72. The average molecular weight is 163 g/mol. The first-order valence-corrected chi connectivity index (χ1v) is 5.46. The summed E-state index contributed by atoms with van der Waals surface area (Å²) >= 11 is 1.68. The summed E-state index contributed by atoms with van der Waals surface area (Å²) in [6.07, 6.45) is 3.94. The molecule has 0 atom stereocenters. The number of hydrogen-bond acceptors (Lipinski definition) is 4. The molecule has 1 rings (SSSR count). The summed E-state index contributed by atoms with van der Waals surface area (Å²) in [4.78, 5) is 3.93. The first-order chi connectivity index (χ1) is 3.93. The van der Waals surface area contributed by atoms with Crippen LogP contribution in [0.25, 0.3) is 0 Å². The molecule has 0 saturated carbocycles. The van der Waals surface area contributed by atoms with Gasteiger partial charge in [-0.05, 0) is 17.0 Å². The van der Waals surface area contributed by atoms with Gasteiger partial charge in [0.1, 0.15) is 0 Å². The lowest BCUT2D eigenvalue weighted by atomic mass is 11.0. The van der Waals surface area contributed by atoms with Crippen molar-refractivity contribution in [3.8, 4) is 0 Å². The van der Waals surface area contributed by atoms with Gasteiger partial charge >= 0.3 is 0 Å². The summed E-state index contributed by atoms with van der Waals surface area (Å²) in [6, 6.07) is 0. The van der Waals surface area contributed by atoms with E-state index >= 15 is 0 Å². The molecule has 0 saturated heterocycles. The largest absolute Gasteiger partial charge is 0.252 e. The summed E-state index contributed by atoms with van der Waals surface area (Å²) in [6.45, 7) is 0. The fourth-order valence-electron chi connectivity index (χ4n) is 0.327. The van der Waals surface area contributed by atoms with Crippen LogP contribution in [0.4, 0.5) is 0 Å². The molecule has 0 aliphatic carbocycles. The van der Waals surface area contributed by atoms with Crippen molar-refractivity contribution in [2.24, 2.45) is 0 Å². The number of nitrogens with zero attached hydrogens (tertiary/aromatic N) is 1. The first kappa shape index (κ1) is 6.45. The van der Waals surface area contributed by atoms with Crippen LogP contribution in [0.1, 0.15) is 0 Å². The van der Waals surface area contributed by atoms with E-state index in [1.54, 1.807) is 32.9 Å². The van der Waals surface area contributed by atoms with Gasteiger partial charge in [0.15, 0.2) is 0 Å². The smallest absolute Gasteiger partial charge is 0.0904 e. The molecule has 0 aromatic carbocycles. The molecule has 1 aromatic heterocycles. The zero-order chi connectivity index (χ0) is 5.82. The van der Waals surface area contributed by atoms with Gasteiger partial charge in [-0.3, -0.25) is 4.98 Å². The van der Waals surface area contributed by atoms with Crippen molar-refractivity contribution in [2.45, 2.75) is 4.21 Å². The van der Waals surface area contributed by atoms with Crippen molar-refractivity contribution >= 4 is 32.9 Å². The van der Waals surface area contributed by atoms with Crippen LogP contribution in [0.5, 0.6) is 0 Å². The van der Waals surface area contributed by atoms with Crippen molar-refractivity contribution in [1.29, 1.82) is 0 Å². The molecule has 0 aliphatic rings. The average Bonchev–Trinajstić information content (AvgIpc) is 2.19. The molecule has 0 amide bonds. The predicted molar refractivity (Wildman–Crippen MR) is 41.5 cm³/mol. The van der Waals surface area contributed by atoms with E-state index in [1.807, 2.05) is 11.7 Å². The Bertz CT molecular complexity index is 137. The molecule has 0 bridgehead atoms. The second-order valence-corrected chi connectivity index (χ2v) is 4.66. The second-order valence-electron chi connectivity index (χ2n) is 1.07. The molecule has 0 fully saturated rings. The Hall–Kier alpha value is 0.330. The zero-order valence-electron chi connectivity index (χ0n) is 4.33. The Morgan fingerprint density at radius 3 is 3.12 bits per heavy atom. The predicted octanol–water partition coefficient (Wildman–Crippen LogP) is 2.51. The van der Waals surface area contributed by atoms with Crippen molar-refractivity contribution in [1.82, 2.24) is 4.98 Å². The van der Waals surface area contributed by atoms with Crippen molar-refractivity contribution in [3.63, 3.8) is 0 Å². The maximum atomic E-state index is 3.93. The van der Waals surface area contributed by atoms with Crippen molar-refractivity contribution < 1.29 is 0 Å². The van der Waals surface area contributed by atoms with Crippen molar-refractivity contribution in [3.05, 3.63) is 11.7 Å². The molecule has 0 radical (unpaired) electrons. The van der Waals surface area contributed by atoms with Gasteiger partial charge in [-0.1, -0.05) is 10.8 Å². The van der Waals surface area contributed by atoms with Crippen LogP contribution in [0.15, 0.2) is 15.9 Å². The summed E-state index contributed by atoms with van der Waals surface area (Å²) in [5, 5.41) is 0. The van der Waals surface area contributed by atoms with E-state index in [1.165, 1.54) is 4.21 Å². The minimum atomic E-state index is 1.28. The molecule has 4 heteroatoms. The number of rotatable bonds is 2. The van der Waals surface area contributed by atoms with Crippen LogP contribution < -0.4 is 0 Å². The highest BCUT2D eigenvalue weighted by Gasteiger charge is 1.89. The highest BCUT2D eigenvalue weighted by molar-refractivity contribution is 8.76. The Balaban J connectivity index is 2.50. The number of hydrogen-bond donors (Lipinski definition) is 0. The number of thiazole rings is 1. The van der Waals surface area contributed by atoms with E-state index < -0.39 is 0 Å². The zero-order valence-corrected chi connectivity index (χ0v) is 6.78. The fraction of sp³-hybridized carbons (Fsp3) is 0.250. The lowest BCUT2D eigenvalue weighted by Crippen LogP contribution is -1.49. The van der Waals surface area contributed by atoms with Crippen LogP contribution in [0.2, 0.25) is 0 Å². The molecule has 8 heavy (non-hydrogen) atoms. The van der Waals surface area contributed by atoms with Gasteiger partial charge in [-0.15, -0.1) is 11.3 Å². The Morgan fingerprint density at radius 1 is 1.75 bits per heavy atom. The van der Waals surface area contributed by atoms with Gasteiger partial charge in [0.05, 0.1) is 15.9 Å². The summed E-state index contributed by atoms with van der Waals surface area (Å²) in [5.74, 6) is 0. The van der Waals surface area contributed by atoms with E-state index in [9.17, 15) is 0 Å². The van der Waals surface area contributed by atoms with E-state index in [0.717, 1.165) is 0 Å². The molecule has 0 N–H and O–H groups in total. The lowest BCUT2D eigenvalue weighted by Gasteiger charge is -1.83. The van der Waals surface area contributed by atoms with E-state index in [-0.39, 0.29) is 0 Å². The fourth-order valence-corrected chi connectivity index (χ4v) is 2.82. The van der Waals surface area contributed by atoms with Crippen LogP contribution >= 0.6 is 32.9 Å². The summed E-state index contributed by atoms with van der Waals surface area (Å²) in [5.41, 5.74) is 1.85. The van der Waals surface area contributed by atoms with Gasteiger partial charge in [0.2, 0.25) is 0 Å². The third kappa shape index (κ3) is 1.69. The second kappa shape index (κ2) is 3.37. The molecule has 0 spiro atoms. The minimum absolute atomic E-state index is 1.28. The monoisotopic (exact) mass is 163 g/mol. The third-order valence-corrected chi connectivity index (χ3v) is 3.47. The van der Waals surface area contributed by atoms with Gasteiger partial charge < -0.3 is 0 Å². The number of aromatic nitrogens is 1. The molecular formula is C4H5NS3. The van der Waals surface area contributed by atoms with Crippen LogP contribution in [-0.2, 0) is 0 Å². The van der Waals surface area contributed by atoms with Crippen LogP contribution in [0.3, 0.4) is 0 Å². The summed E-state index contributed by atoms with van der Waals surface area (Å²) < 4.78 is 1.28. The molecule has 1 aromatic rings. The van der Waals surface area contributed by atoms with E-state index in [2.05, 4.69) is 11.2 Å². The molecule has 1 nitrogen and oxygen atoms in total. The van der Waals surface area contributed by atoms with Gasteiger partial charge in [0, 0.05) is 0 Å². The molecule has 44 valence electrons. The topological polar surface area (TPSA) is 12.9 Å². The third-order valence-electron chi connectivity index (χ3n) is 0.575. The maximum Gasteiger partial charge on any atom is 0.0904 e. The van der Waals surface area contributed by atoms with Crippen LogP contribution in [0, 0.1) is 0 Å².